The molecule has 0 spiro atoms. The van der Waals surface area contributed by atoms with Crippen LogP contribution in [0.3, 0.4) is 0 Å². The highest BCUT2D eigenvalue weighted by molar-refractivity contribution is 7.98. The zero-order valence-electron chi connectivity index (χ0n) is 14.6. The van der Waals surface area contributed by atoms with Crippen LogP contribution in [0.15, 0.2) is 54.6 Å². The minimum atomic E-state index is -1.32. The summed E-state index contributed by atoms with van der Waals surface area (Å²) in [5.74, 6) is -0.684. The number of aromatic hydroxyl groups is 1. The third-order valence-corrected chi connectivity index (χ3v) is 6.56. The average Bonchev–Trinajstić information content (AvgIpc) is 3.27. The zero-order valence-corrected chi connectivity index (χ0v) is 15.4. The van der Waals surface area contributed by atoms with Gasteiger partial charge < -0.3 is 10.4 Å². The van der Waals surface area contributed by atoms with Crippen molar-refractivity contribution < 1.29 is 18.7 Å². The van der Waals surface area contributed by atoms with Crippen molar-refractivity contribution >= 4 is 23.4 Å². The molecule has 0 aliphatic carbocycles. The molecule has 0 saturated carbocycles. The van der Waals surface area contributed by atoms with Gasteiger partial charge in [0.1, 0.15) is 11.2 Å². The van der Waals surface area contributed by atoms with Crippen LogP contribution in [-0.2, 0) is 21.7 Å². The van der Waals surface area contributed by atoms with Gasteiger partial charge in [-0.15, -0.1) is 0 Å². The molecule has 0 saturated heterocycles. The monoisotopic (exact) mass is 395 g/mol. The summed E-state index contributed by atoms with van der Waals surface area (Å²) in [7, 11) is 0. The van der Waals surface area contributed by atoms with Gasteiger partial charge in [-0.1, -0.05) is 36.4 Å². The number of fused-ring (bicyclic) bond motifs is 2. The zero-order chi connectivity index (χ0) is 19.5. The third kappa shape index (κ3) is 2.24. The standard InChI is InChI=1S/C22H15F2NO2S/c23-18-8-7-17-20(19(18)24)25-21(27)22(17,14-3-5-16(26)6-4-14)15-2-1-12-10-28-11-13(12)9-15/h1-9,26H,10-11H2,(H,25,27). The van der Waals surface area contributed by atoms with Crippen LogP contribution in [0.2, 0.25) is 0 Å². The topological polar surface area (TPSA) is 49.3 Å². The SMILES string of the molecule is O=C1Nc2c(ccc(F)c2F)C1(c1ccc(O)cc1)c1ccc2c(c1)CSC2. The van der Waals surface area contributed by atoms with E-state index in [1.165, 1.54) is 23.8 Å². The lowest BCUT2D eigenvalue weighted by Gasteiger charge is -2.29. The molecule has 5 rings (SSSR count). The first kappa shape index (κ1) is 17.3. The van der Waals surface area contributed by atoms with Crippen LogP contribution in [0.5, 0.6) is 5.75 Å². The van der Waals surface area contributed by atoms with E-state index in [2.05, 4.69) is 5.32 Å². The Balaban J connectivity index is 1.84. The Bertz CT molecular complexity index is 1130. The number of hydrogen-bond acceptors (Lipinski definition) is 3. The number of rotatable bonds is 2. The minimum Gasteiger partial charge on any atom is -0.508 e. The maximum absolute atomic E-state index is 14.5. The average molecular weight is 395 g/mol. The van der Waals surface area contributed by atoms with Gasteiger partial charge in [0.25, 0.3) is 0 Å². The number of carbonyl (C=O) groups is 1. The number of halogens is 2. The number of nitrogens with one attached hydrogen (secondary N) is 1. The van der Waals surface area contributed by atoms with E-state index < -0.39 is 23.0 Å². The van der Waals surface area contributed by atoms with Crippen molar-refractivity contribution in [3.8, 4) is 5.75 Å². The molecule has 3 nitrogen and oxygen atoms in total. The second kappa shape index (κ2) is 6.07. The Morgan fingerprint density at radius 3 is 2.43 bits per heavy atom. The lowest BCUT2D eigenvalue weighted by Crippen LogP contribution is -2.37. The van der Waals surface area contributed by atoms with Crippen LogP contribution >= 0.6 is 11.8 Å². The minimum absolute atomic E-state index is 0.0631. The van der Waals surface area contributed by atoms with Crippen molar-refractivity contribution in [2.24, 2.45) is 0 Å². The highest BCUT2D eigenvalue weighted by atomic mass is 32.2. The Morgan fingerprint density at radius 2 is 1.64 bits per heavy atom. The summed E-state index contributed by atoms with van der Waals surface area (Å²) in [5, 5.41) is 12.3. The second-order valence-corrected chi connectivity index (χ2v) is 8.00. The highest BCUT2D eigenvalue weighted by Gasteiger charge is 2.51. The first-order valence-electron chi connectivity index (χ1n) is 8.81. The van der Waals surface area contributed by atoms with Gasteiger partial charge in [0.05, 0.1) is 5.69 Å². The lowest BCUT2D eigenvalue weighted by atomic mass is 9.69. The first-order chi connectivity index (χ1) is 13.5. The summed E-state index contributed by atoms with van der Waals surface area (Å²) >= 11 is 1.80. The summed E-state index contributed by atoms with van der Waals surface area (Å²) in [6.45, 7) is 0. The van der Waals surface area contributed by atoms with Gasteiger partial charge in [0, 0.05) is 17.1 Å². The summed E-state index contributed by atoms with van der Waals surface area (Å²) in [5.41, 5.74) is 2.56. The van der Waals surface area contributed by atoms with Crippen molar-refractivity contribution in [2.45, 2.75) is 16.9 Å². The molecule has 2 heterocycles. The Kier molecular flexibility index (Phi) is 3.74. The van der Waals surface area contributed by atoms with Gasteiger partial charge in [0.15, 0.2) is 11.6 Å². The quantitative estimate of drug-likeness (QED) is 0.661. The van der Waals surface area contributed by atoms with E-state index in [0.717, 1.165) is 23.1 Å². The molecule has 1 amide bonds. The van der Waals surface area contributed by atoms with E-state index in [-0.39, 0.29) is 11.4 Å². The highest BCUT2D eigenvalue weighted by Crippen LogP contribution is 2.50. The molecule has 140 valence electrons. The van der Waals surface area contributed by atoms with Crippen LogP contribution in [0.25, 0.3) is 0 Å². The number of carbonyl (C=O) groups excluding carboxylic acids is 1. The smallest absolute Gasteiger partial charge is 0.244 e. The van der Waals surface area contributed by atoms with Gasteiger partial charge in [-0.3, -0.25) is 4.79 Å². The van der Waals surface area contributed by atoms with Crippen LogP contribution in [0.1, 0.15) is 27.8 Å². The van der Waals surface area contributed by atoms with Crippen LogP contribution in [-0.4, -0.2) is 11.0 Å². The van der Waals surface area contributed by atoms with Gasteiger partial charge in [-0.25, -0.2) is 8.78 Å². The van der Waals surface area contributed by atoms with E-state index in [0.29, 0.717) is 16.7 Å². The molecule has 1 unspecified atom stereocenters. The molecule has 6 heteroatoms. The van der Waals surface area contributed by atoms with E-state index in [4.69, 9.17) is 0 Å². The number of anilines is 1. The molecule has 1 atom stereocenters. The van der Waals surface area contributed by atoms with E-state index in [9.17, 15) is 18.7 Å². The summed E-state index contributed by atoms with van der Waals surface area (Å²) in [6.07, 6.45) is 0. The molecule has 2 N–H and O–H groups in total. The number of phenolic OH excluding ortho intramolecular Hbond substituents is 1. The van der Waals surface area contributed by atoms with E-state index >= 15 is 0 Å². The van der Waals surface area contributed by atoms with Crippen molar-refractivity contribution in [1.82, 2.24) is 0 Å². The Labute approximate surface area is 164 Å². The van der Waals surface area contributed by atoms with Crippen molar-refractivity contribution in [1.29, 1.82) is 0 Å². The Morgan fingerprint density at radius 1 is 0.929 bits per heavy atom. The molecule has 0 fully saturated rings. The van der Waals surface area contributed by atoms with Crippen molar-refractivity contribution in [2.75, 3.05) is 5.32 Å². The van der Waals surface area contributed by atoms with E-state index in [1.807, 2.05) is 18.2 Å². The van der Waals surface area contributed by atoms with Gasteiger partial charge in [-0.2, -0.15) is 11.8 Å². The number of phenols is 1. The van der Waals surface area contributed by atoms with E-state index in [1.54, 1.807) is 23.9 Å². The lowest BCUT2D eigenvalue weighted by molar-refractivity contribution is -0.118. The van der Waals surface area contributed by atoms with Crippen molar-refractivity contribution in [3.63, 3.8) is 0 Å². The number of benzene rings is 3. The molecular formula is C22H15F2NO2S. The predicted octanol–water partition coefficient (Wildman–Crippen LogP) is 4.70. The molecular weight excluding hydrogens is 380 g/mol. The molecule has 0 aromatic heterocycles. The van der Waals surface area contributed by atoms with Crippen LogP contribution < -0.4 is 5.32 Å². The number of thioether (sulfide) groups is 1. The first-order valence-corrected chi connectivity index (χ1v) is 9.96. The normalized spacial score (nSPS) is 20.0. The fourth-order valence-corrected chi connectivity index (χ4v) is 5.26. The molecule has 28 heavy (non-hydrogen) atoms. The molecule has 3 aromatic carbocycles. The van der Waals surface area contributed by atoms with Crippen LogP contribution in [0.4, 0.5) is 14.5 Å². The van der Waals surface area contributed by atoms with Crippen LogP contribution in [0, 0.1) is 11.6 Å². The fraction of sp³-hybridized carbons (Fsp3) is 0.136. The summed E-state index contributed by atoms with van der Waals surface area (Å²) < 4.78 is 28.3. The molecule has 2 aliphatic heterocycles. The molecule has 2 aliphatic rings. The van der Waals surface area contributed by atoms with Gasteiger partial charge >= 0.3 is 0 Å². The molecule has 0 radical (unpaired) electrons. The maximum Gasteiger partial charge on any atom is 0.244 e. The molecule has 0 bridgehead atoms. The fourth-order valence-electron chi connectivity index (χ4n) is 4.17. The van der Waals surface area contributed by atoms with Gasteiger partial charge in [-0.05, 0) is 40.5 Å². The summed E-state index contributed by atoms with van der Waals surface area (Å²) in [6, 6.07) is 14.6. The number of amides is 1. The Hall–Kier alpha value is -2.86. The maximum atomic E-state index is 14.5. The predicted molar refractivity (Wildman–Crippen MR) is 104 cm³/mol. The van der Waals surface area contributed by atoms with Gasteiger partial charge in [0.2, 0.25) is 5.91 Å². The largest absolute Gasteiger partial charge is 0.508 e. The number of hydrogen-bond donors (Lipinski definition) is 2. The third-order valence-electron chi connectivity index (χ3n) is 5.53. The molecule has 3 aromatic rings. The summed E-state index contributed by atoms with van der Waals surface area (Å²) in [4.78, 5) is 13.3. The second-order valence-electron chi connectivity index (χ2n) is 7.01. The van der Waals surface area contributed by atoms with Crippen molar-refractivity contribution in [3.05, 3.63) is 94.0 Å².